The Hall–Kier alpha value is -1.17. The fourth-order valence-corrected chi connectivity index (χ4v) is 1.77. The van der Waals surface area contributed by atoms with E-state index in [0.717, 1.165) is 25.5 Å². The van der Waals surface area contributed by atoms with E-state index in [1.165, 1.54) is 0 Å². The number of nitrogens with two attached hydrogens (primary N) is 1. The maximum atomic E-state index is 6.01. The largest absolute Gasteiger partial charge is 0.338 e. The van der Waals surface area contributed by atoms with Gasteiger partial charge < -0.3 is 10.6 Å². The van der Waals surface area contributed by atoms with Gasteiger partial charge in [0, 0.05) is 26.2 Å². The summed E-state index contributed by atoms with van der Waals surface area (Å²) in [6.45, 7) is 4.02. The lowest BCUT2D eigenvalue weighted by Crippen LogP contribution is -2.48. The molecule has 2 N–H and O–H groups in total. The summed E-state index contributed by atoms with van der Waals surface area (Å²) in [5, 5.41) is 11.4. The van der Waals surface area contributed by atoms with E-state index in [0.29, 0.717) is 5.92 Å². The van der Waals surface area contributed by atoms with E-state index < -0.39 is 0 Å². The zero-order valence-corrected chi connectivity index (χ0v) is 8.59. The predicted octanol–water partition coefficient (Wildman–Crippen LogP) is -0.616. The van der Waals surface area contributed by atoms with E-state index >= 15 is 0 Å². The van der Waals surface area contributed by atoms with Crippen LogP contribution in [0.5, 0.6) is 0 Å². The molecule has 14 heavy (non-hydrogen) atoms. The van der Waals surface area contributed by atoms with Crippen LogP contribution in [-0.4, -0.2) is 39.3 Å². The molecular formula is C8H16N6. The molecule has 1 aliphatic heterocycles. The van der Waals surface area contributed by atoms with Crippen LogP contribution in [0.25, 0.3) is 0 Å². The summed E-state index contributed by atoms with van der Waals surface area (Å²) in [7, 11) is 1.85. The lowest BCUT2D eigenvalue weighted by Gasteiger charge is -2.34. The van der Waals surface area contributed by atoms with Gasteiger partial charge >= 0.3 is 0 Å². The Labute approximate surface area is 83.1 Å². The fraction of sp³-hybridized carbons (Fsp3) is 0.875. The molecule has 2 rings (SSSR count). The maximum Gasteiger partial charge on any atom is 0.245 e. The molecule has 0 aromatic carbocycles. The molecule has 0 radical (unpaired) electrons. The first-order valence-corrected chi connectivity index (χ1v) is 4.91. The van der Waals surface area contributed by atoms with Crippen LogP contribution >= 0.6 is 0 Å². The van der Waals surface area contributed by atoms with Crippen LogP contribution in [-0.2, 0) is 7.05 Å². The Kier molecular flexibility index (Phi) is 2.37. The first-order chi connectivity index (χ1) is 6.68. The number of rotatable bonds is 1. The van der Waals surface area contributed by atoms with Gasteiger partial charge in [-0.2, -0.15) is 0 Å². The summed E-state index contributed by atoms with van der Waals surface area (Å²) < 4.78 is 1.68. The second-order valence-electron chi connectivity index (χ2n) is 3.98. The fourth-order valence-electron chi connectivity index (χ4n) is 1.77. The number of aromatic nitrogens is 4. The second-order valence-corrected chi connectivity index (χ2v) is 3.98. The highest BCUT2D eigenvalue weighted by Gasteiger charge is 2.25. The summed E-state index contributed by atoms with van der Waals surface area (Å²) >= 11 is 0. The number of anilines is 1. The van der Waals surface area contributed by atoms with Crippen molar-refractivity contribution in [3.8, 4) is 0 Å². The average molecular weight is 196 g/mol. The topological polar surface area (TPSA) is 72.9 Å². The number of piperidine rings is 1. The quantitative estimate of drug-likeness (QED) is 0.648. The van der Waals surface area contributed by atoms with Crippen LogP contribution in [0.3, 0.4) is 0 Å². The Bertz CT molecular complexity index is 309. The van der Waals surface area contributed by atoms with Crippen LogP contribution in [0.15, 0.2) is 0 Å². The lowest BCUT2D eigenvalue weighted by molar-refractivity contribution is 0.374. The number of hydrogen-bond acceptors (Lipinski definition) is 5. The van der Waals surface area contributed by atoms with Gasteiger partial charge in [-0.3, -0.25) is 0 Å². The van der Waals surface area contributed by atoms with Crippen molar-refractivity contribution in [3.05, 3.63) is 0 Å². The SMILES string of the molecule is CC1CCN(c2nnnn2C)CC1N. The Morgan fingerprint density at radius 2 is 2.29 bits per heavy atom. The molecule has 1 saturated heterocycles. The van der Waals surface area contributed by atoms with Crippen LogP contribution in [0.2, 0.25) is 0 Å². The third-order valence-electron chi connectivity index (χ3n) is 2.90. The lowest BCUT2D eigenvalue weighted by atomic mass is 9.95. The Morgan fingerprint density at radius 3 is 2.86 bits per heavy atom. The van der Waals surface area contributed by atoms with Gasteiger partial charge in [-0.15, -0.1) is 0 Å². The molecule has 2 unspecified atom stereocenters. The number of tetrazole rings is 1. The summed E-state index contributed by atoms with van der Waals surface area (Å²) in [5.41, 5.74) is 6.01. The monoisotopic (exact) mass is 196 g/mol. The molecular weight excluding hydrogens is 180 g/mol. The minimum absolute atomic E-state index is 0.223. The molecule has 78 valence electrons. The number of aryl methyl sites for hydroxylation is 1. The van der Waals surface area contributed by atoms with Crippen molar-refractivity contribution in [1.82, 2.24) is 20.2 Å². The predicted molar refractivity (Wildman–Crippen MR) is 52.8 cm³/mol. The second kappa shape index (κ2) is 3.53. The standard InChI is InChI=1S/C8H16N6/c1-6-3-4-14(5-7(6)9)8-10-11-12-13(8)2/h6-7H,3-5,9H2,1-2H3. The van der Waals surface area contributed by atoms with E-state index in [2.05, 4.69) is 27.3 Å². The molecule has 1 aromatic rings. The zero-order valence-electron chi connectivity index (χ0n) is 8.59. The molecule has 0 aliphatic carbocycles. The zero-order chi connectivity index (χ0) is 10.1. The van der Waals surface area contributed by atoms with E-state index in [9.17, 15) is 0 Å². The Balaban J connectivity index is 2.10. The van der Waals surface area contributed by atoms with Crippen molar-refractivity contribution < 1.29 is 0 Å². The summed E-state index contributed by atoms with van der Waals surface area (Å²) in [6, 6.07) is 0.223. The van der Waals surface area contributed by atoms with Crippen molar-refractivity contribution >= 4 is 5.95 Å². The van der Waals surface area contributed by atoms with Gasteiger partial charge in [-0.25, -0.2) is 4.68 Å². The molecule has 0 bridgehead atoms. The molecule has 2 atom stereocenters. The van der Waals surface area contributed by atoms with Crippen molar-refractivity contribution in [2.24, 2.45) is 18.7 Å². The molecule has 6 nitrogen and oxygen atoms in total. The van der Waals surface area contributed by atoms with Crippen molar-refractivity contribution in [1.29, 1.82) is 0 Å². The first kappa shape index (κ1) is 9.39. The summed E-state index contributed by atoms with van der Waals surface area (Å²) in [6.07, 6.45) is 1.11. The molecule has 1 fully saturated rings. The number of nitrogens with zero attached hydrogens (tertiary/aromatic N) is 5. The highest BCUT2D eigenvalue weighted by atomic mass is 15.6. The highest BCUT2D eigenvalue weighted by Crippen LogP contribution is 2.19. The van der Waals surface area contributed by atoms with Gasteiger partial charge in [0.1, 0.15) is 0 Å². The van der Waals surface area contributed by atoms with Gasteiger partial charge in [0.2, 0.25) is 5.95 Å². The Morgan fingerprint density at radius 1 is 1.50 bits per heavy atom. The van der Waals surface area contributed by atoms with Gasteiger partial charge in [0.15, 0.2) is 0 Å². The molecule has 0 saturated carbocycles. The van der Waals surface area contributed by atoms with Crippen LogP contribution in [0, 0.1) is 5.92 Å². The first-order valence-electron chi connectivity index (χ1n) is 4.91. The molecule has 2 heterocycles. The van der Waals surface area contributed by atoms with Crippen LogP contribution in [0.4, 0.5) is 5.95 Å². The third kappa shape index (κ3) is 1.57. The van der Waals surface area contributed by atoms with E-state index in [1.54, 1.807) is 4.68 Å². The highest BCUT2D eigenvalue weighted by molar-refractivity contribution is 5.29. The van der Waals surface area contributed by atoms with Gasteiger partial charge in [0.05, 0.1) is 0 Å². The van der Waals surface area contributed by atoms with E-state index in [1.807, 2.05) is 7.05 Å². The van der Waals surface area contributed by atoms with E-state index in [-0.39, 0.29) is 6.04 Å². The minimum atomic E-state index is 0.223. The molecule has 1 aromatic heterocycles. The molecule has 0 amide bonds. The van der Waals surface area contributed by atoms with Gasteiger partial charge in [-0.1, -0.05) is 12.0 Å². The smallest absolute Gasteiger partial charge is 0.245 e. The minimum Gasteiger partial charge on any atom is -0.338 e. The summed E-state index contributed by atoms with van der Waals surface area (Å²) in [4.78, 5) is 2.14. The van der Waals surface area contributed by atoms with Crippen LogP contribution < -0.4 is 10.6 Å². The number of hydrogen-bond donors (Lipinski definition) is 1. The average Bonchev–Trinajstić information content (AvgIpc) is 2.57. The van der Waals surface area contributed by atoms with Crippen LogP contribution in [0.1, 0.15) is 13.3 Å². The maximum absolute atomic E-state index is 6.01. The van der Waals surface area contributed by atoms with Crippen molar-refractivity contribution in [3.63, 3.8) is 0 Å². The normalized spacial score (nSPS) is 28.1. The summed E-state index contributed by atoms with van der Waals surface area (Å²) in [5.74, 6) is 1.40. The van der Waals surface area contributed by atoms with E-state index in [4.69, 9.17) is 5.73 Å². The van der Waals surface area contributed by atoms with Crippen molar-refractivity contribution in [2.45, 2.75) is 19.4 Å². The van der Waals surface area contributed by atoms with Gasteiger partial charge in [0.25, 0.3) is 0 Å². The molecule has 6 heteroatoms. The molecule has 1 aliphatic rings. The van der Waals surface area contributed by atoms with Crippen molar-refractivity contribution in [2.75, 3.05) is 18.0 Å². The molecule has 0 spiro atoms. The third-order valence-corrected chi connectivity index (χ3v) is 2.90. The van der Waals surface area contributed by atoms with Gasteiger partial charge in [-0.05, 0) is 22.8 Å².